The van der Waals surface area contributed by atoms with Crippen molar-refractivity contribution in [3.8, 4) is 72.4 Å². The molecule has 1 aromatic heterocycles. The van der Waals surface area contributed by atoms with Gasteiger partial charge in [0, 0.05) is 61.5 Å². The monoisotopic (exact) mass is 1250 g/mol. The van der Waals surface area contributed by atoms with Gasteiger partial charge in [-0.2, -0.15) is 0 Å². The van der Waals surface area contributed by atoms with Crippen molar-refractivity contribution < 1.29 is 0 Å². The number of para-hydroxylation sites is 2. The van der Waals surface area contributed by atoms with Gasteiger partial charge in [0.25, 0.3) is 6.71 Å². The zero-order valence-electron chi connectivity index (χ0n) is 58.0. The maximum atomic E-state index is 2.74. The summed E-state index contributed by atoms with van der Waals surface area (Å²) in [7, 11) is 0. The summed E-state index contributed by atoms with van der Waals surface area (Å²) in [5, 5.41) is 2.47. The van der Waals surface area contributed by atoms with Gasteiger partial charge in [-0.05, 0) is 192 Å². The van der Waals surface area contributed by atoms with Crippen LogP contribution < -0.4 is 26.2 Å². The van der Waals surface area contributed by atoms with E-state index in [-0.39, 0.29) is 23.0 Å². The van der Waals surface area contributed by atoms with Gasteiger partial charge in [-0.3, -0.25) is 0 Å². The van der Waals surface area contributed by atoms with Crippen LogP contribution >= 0.6 is 0 Å². The normalized spacial score (nSPS) is 12.9. The number of aryl methyl sites for hydroxylation is 3. The first-order valence-corrected chi connectivity index (χ1v) is 34.6. The Kier molecular flexibility index (Phi) is 14.7. The van der Waals surface area contributed by atoms with Crippen molar-refractivity contribution in [1.29, 1.82) is 0 Å². The molecule has 0 amide bonds. The molecule has 2 aliphatic heterocycles. The largest absolute Gasteiger partial charge is 0.310 e. The summed E-state index contributed by atoms with van der Waals surface area (Å²) in [6, 6.07) is 107. The van der Waals surface area contributed by atoms with Crippen LogP contribution in [-0.2, 0) is 16.2 Å². The summed E-state index contributed by atoms with van der Waals surface area (Å²) in [5.74, 6) is 0. The quantitative estimate of drug-likeness (QED) is 0.133. The highest BCUT2D eigenvalue weighted by molar-refractivity contribution is 7.00. The lowest BCUT2D eigenvalue weighted by molar-refractivity contribution is 0.590. The molecule has 472 valence electrons. The van der Waals surface area contributed by atoms with Crippen molar-refractivity contribution >= 4 is 79.0 Å². The number of nitrogens with zero attached hydrogens (tertiary/aromatic N) is 3. The lowest BCUT2D eigenvalue weighted by Crippen LogP contribution is -2.61. The molecule has 0 bridgehead atoms. The van der Waals surface area contributed by atoms with Gasteiger partial charge in [0.2, 0.25) is 0 Å². The second kappa shape index (κ2) is 23.3. The molecule has 0 atom stereocenters. The fourth-order valence-electron chi connectivity index (χ4n) is 15.9. The highest BCUT2D eigenvalue weighted by atomic mass is 15.2. The number of aromatic nitrogens is 1. The van der Waals surface area contributed by atoms with Gasteiger partial charge in [-0.25, -0.2) is 0 Å². The molecule has 0 fully saturated rings. The van der Waals surface area contributed by atoms with Gasteiger partial charge in [-0.1, -0.05) is 280 Å². The average molecular weight is 1250 g/mol. The molecular weight excluding hydrogens is 1170 g/mol. The van der Waals surface area contributed by atoms with E-state index in [0.29, 0.717) is 0 Å². The third-order valence-electron chi connectivity index (χ3n) is 20.7. The second-order valence-corrected chi connectivity index (χ2v) is 30.3. The average Bonchev–Trinajstić information content (AvgIpc) is 1.08. The summed E-state index contributed by atoms with van der Waals surface area (Å²) in [5.41, 5.74) is 35.4. The van der Waals surface area contributed by atoms with Crippen molar-refractivity contribution in [2.45, 2.75) is 99.3 Å². The van der Waals surface area contributed by atoms with E-state index >= 15 is 0 Å². The van der Waals surface area contributed by atoms with Crippen LogP contribution in [0, 0.1) is 20.8 Å². The predicted octanol–water partition coefficient (Wildman–Crippen LogP) is 23.7. The maximum absolute atomic E-state index is 2.74. The van der Waals surface area contributed by atoms with E-state index in [9.17, 15) is 0 Å². The Hall–Kier alpha value is -10.7. The molecule has 0 unspecified atom stereocenters. The standard InChI is InChI=1S/C93H82BN3/c1-59-48-60(2)87(61(3)49-59)68-52-85-88-86(53-68)97(90-77(64-34-21-15-22-35-64)56-71(93(10,11)12)57-78(90)65-36-23-16-24-37-65)84-58-72(95-81-42-27-25-40-73(81)74-41-26-28-43-82(74)95)45-46-79(84)94(88)80-51-67(66-38-29-39-69(50-66)91(4,5)6)44-47-83(80)96(85)89-75(62-30-17-13-18-31-62)54-70(92(7,8)9)55-76(89)63-32-19-14-20-33-63/h13-58H,1-12H3. The van der Waals surface area contributed by atoms with Crippen LogP contribution in [0.2, 0.25) is 0 Å². The minimum atomic E-state index is -0.238. The molecule has 2 aliphatic rings. The number of fused-ring (bicyclic) bond motifs is 7. The number of anilines is 6. The van der Waals surface area contributed by atoms with Crippen molar-refractivity contribution in [3.05, 3.63) is 312 Å². The van der Waals surface area contributed by atoms with Crippen molar-refractivity contribution in [2.24, 2.45) is 0 Å². The maximum Gasteiger partial charge on any atom is 0.252 e. The van der Waals surface area contributed by atoms with Crippen LogP contribution in [0.5, 0.6) is 0 Å². The molecule has 0 spiro atoms. The Labute approximate surface area is 574 Å². The SMILES string of the molecule is Cc1cc(C)c(-c2cc3c4c(c2)N(c2c(-c5ccccc5)cc(C(C)(C)C)cc2-c2ccccc2)c2cc(-n5c6ccccc6c6ccccc65)ccc2B4c2cc(-c4cccc(C(C)(C)C)c4)ccc2N3c2c(-c3ccccc3)cc(C(C)(C)C)cc2-c2ccccc2)c(C)c1. The van der Waals surface area contributed by atoms with Crippen molar-refractivity contribution in [3.63, 3.8) is 0 Å². The molecule has 14 aromatic rings. The number of hydrogen-bond acceptors (Lipinski definition) is 2. The number of benzene rings is 13. The molecule has 0 saturated carbocycles. The molecule has 0 radical (unpaired) electrons. The van der Waals surface area contributed by atoms with Crippen molar-refractivity contribution in [2.75, 3.05) is 9.80 Å². The zero-order chi connectivity index (χ0) is 66.8. The first-order chi connectivity index (χ1) is 46.8. The summed E-state index contributed by atoms with van der Waals surface area (Å²) < 4.78 is 2.51. The third kappa shape index (κ3) is 10.5. The van der Waals surface area contributed by atoms with E-state index in [1.165, 1.54) is 127 Å². The molecule has 0 aliphatic carbocycles. The smallest absolute Gasteiger partial charge is 0.252 e. The van der Waals surface area contributed by atoms with E-state index in [0.717, 1.165) is 50.9 Å². The molecule has 0 N–H and O–H groups in total. The molecule has 4 heteroatoms. The van der Waals surface area contributed by atoms with E-state index in [1.807, 2.05) is 0 Å². The summed E-state index contributed by atoms with van der Waals surface area (Å²) >= 11 is 0. The van der Waals surface area contributed by atoms with Gasteiger partial charge >= 0.3 is 0 Å². The molecule has 97 heavy (non-hydrogen) atoms. The summed E-state index contributed by atoms with van der Waals surface area (Å²) in [4.78, 5) is 5.45. The Morgan fingerprint density at radius 1 is 0.289 bits per heavy atom. The van der Waals surface area contributed by atoms with Crippen LogP contribution in [0.3, 0.4) is 0 Å². The van der Waals surface area contributed by atoms with Crippen LogP contribution in [-0.4, -0.2) is 11.3 Å². The van der Waals surface area contributed by atoms with Gasteiger partial charge in [0.05, 0.1) is 22.4 Å². The number of rotatable bonds is 9. The minimum Gasteiger partial charge on any atom is -0.310 e. The molecule has 13 aromatic carbocycles. The predicted molar refractivity (Wildman–Crippen MR) is 418 cm³/mol. The lowest BCUT2D eigenvalue weighted by Gasteiger charge is -2.46. The number of hydrogen-bond donors (Lipinski definition) is 0. The van der Waals surface area contributed by atoms with Crippen LogP contribution in [0.15, 0.2) is 279 Å². The highest BCUT2D eigenvalue weighted by Gasteiger charge is 2.46. The van der Waals surface area contributed by atoms with E-state index in [4.69, 9.17) is 0 Å². The first kappa shape index (κ1) is 61.2. The first-order valence-electron chi connectivity index (χ1n) is 34.6. The Balaban J connectivity index is 1.13. The highest BCUT2D eigenvalue weighted by Crippen LogP contribution is 2.56. The van der Waals surface area contributed by atoms with Gasteiger partial charge in [0.15, 0.2) is 0 Å². The van der Waals surface area contributed by atoms with E-state index in [2.05, 4.69) is 377 Å². The topological polar surface area (TPSA) is 11.4 Å². The molecule has 16 rings (SSSR count). The van der Waals surface area contributed by atoms with Gasteiger partial charge in [-0.15, -0.1) is 0 Å². The summed E-state index contributed by atoms with van der Waals surface area (Å²) in [6.07, 6.45) is 0. The third-order valence-corrected chi connectivity index (χ3v) is 20.7. The fraction of sp³-hybridized carbons (Fsp3) is 0.161. The lowest BCUT2D eigenvalue weighted by atomic mass is 9.33. The van der Waals surface area contributed by atoms with E-state index < -0.39 is 0 Å². The minimum absolute atomic E-state index is 0.0518. The Morgan fingerprint density at radius 3 is 1.15 bits per heavy atom. The Bertz CT molecular complexity index is 5230. The van der Waals surface area contributed by atoms with Gasteiger partial charge < -0.3 is 14.4 Å². The molecule has 3 heterocycles. The summed E-state index contributed by atoms with van der Waals surface area (Å²) in [6.45, 7) is 27.7. The van der Waals surface area contributed by atoms with Crippen LogP contribution in [0.25, 0.3) is 94.3 Å². The molecular formula is C93H82BN3. The second-order valence-electron chi connectivity index (χ2n) is 30.3. The Morgan fingerprint density at radius 2 is 0.701 bits per heavy atom. The van der Waals surface area contributed by atoms with Crippen LogP contribution in [0.1, 0.15) is 95.7 Å². The van der Waals surface area contributed by atoms with E-state index in [1.54, 1.807) is 0 Å². The zero-order valence-corrected chi connectivity index (χ0v) is 58.0. The van der Waals surface area contributed by atoms with Gasteiger partial charge in [0.1, 0.15) is 0 Å². The fourth-order valence-corrected chi connectivity index (χ4v) is 15.9. The molecule has 3 nitrogen and oxygen atoms in total. The van der Waals surface area contributed by atoms with Crippen LogP contribution in [0.4, 0.5) is 34.1 Å². The molecule has 0 saturated heterocycles. The van der Waals surface area contributed by atoms with Crippen molar-refractivity contribution in [1.82, 2.24) is 4.57 Å².